The lowest BCUT2D eigenvalue weighted by Crippen LogP contribution is -1.95. The minimum absolute atomic E-state index is 0.305. The molecule has 2 rings (SSSR count). The van der Waals surface area contributed by atoms with Crippen molar-refractivity contribution in [1.82, 2.24) is 4.98 Å². The topological polar surface area (TPSA) is 63.3 Å². The van der Waals surface area contributed by atoms with Crippen molar-refractivity contribution in [3.63, 3.8) is 0 Å². The third-order valence-corrected chi connectivity index (χ3v) is 2.53. The largest absolute Gasteiger partial charge is 0.474 e. The second kappa shape index (κ2) is 3.86. The molecule has 0 aliphatic heterocycles. The molecule has 15 heavy (non-hydrogen) atoms. The summed E-state index contributed by atoms with van der Waals surface area (Å²) in [5.74, 6) is -1.48. The average Bonchev–Trinajstić information content (AvgIpc) is 2.67. The molecule has 1 heterocycles. The Morgan fingerprint density at radius 1 is 1.40 bits per heavy atom. The van der Waals surface area contributed by atoms with Gasteiger partial charge in [-0.2, -0.15) is 0 Å². The van der Waals surface area contributed by atoms with Crippen LogP contribution in [-0.2, 0) is 0 Å². The van der Waals surface area contributed by atoms with Crippen LogP contribution >= 0.6 is 15.9 Å². The molecule has 0 fully saturated rings. The zero-order chi connectivity index (χ0) is 10.8. The van der Waals surface area contributed by atoms with Crippen LogP contribution in [0.2, 0.25) is 0 Å². The molecule has 0 unspecified atom stereocenters. The second-order valence-corrected chi connectivity index (χ2v) is 3.68. The zero-order valence-electron chi connectivity index (χ0n) is 7.48. The summed E-state index contributed by atoms with van der Waals surface area (Å²) in [6.45, 7) is 0. The van der Waals surface area contributed by atoms with E-state index in [-0.39, 0.29) is 5.89 Å². The Bertz CT molecular complexity index is 507. The van der Waals surface area contributed by atoms with Crippen LogP contribution in [0.1, 0.15) is 10.7 Å². The first-order valence-electron chi connectivity index (χ1n) is 4.12. The van der Waals surface area contributed by atoms with Gasteiger partial charge in [0.25, 0.3) is 0 Å². The molecule has 1 aromatic carbocycles. The number of hydrogen-bond donors (Lipinski definition) is 1. The van der Waals surface area contributed by atoms with E-state index in [1.165, 1.54) is 6.26 Å². The van der Waals surface area contributed by atoms with Crippen LogP contribution in [0.5, 0.6) is 0 Å². The van der Waals surface area contributed by atoms with Gasteiger partial charge >= 0.3 is 11.9 Å². The summed E-state index contributed by atoms with van der Waals surface area (Å²) in [5, 5.41) is 8.65. The lowest BCUT2D eigenvalue weighted by atomic mass is 10.2. The van der Waals surface area contributed by atoms with E-state index in [9.17, 15) is 4.79 Å². The zero-order valence-corrected chi connectivity index (χ0v) is 9.06. The number of nitrogens with zero attached hydrogens (tertiary/aromatic N) is 1. The Balaban J connectivity index is 2.46. The molecule has 0 amide bonds. The summed E-state index contributed by atoms with van der Waals surface area (Å²) in [5.41, 5.74) is 1.30. The Hall–Kier alpha value is -1.62. The molecule has 0 atom stereocenters. The van der Waals surface area contributed by atoms with Crippen molar-refractivity contribution in [2.45, 2.75) is 0 Å². The molecule has 0 aliphatic carbocycles. The van der Waals surface area contributed by atoms with E-state index in [0.717, 1.165) is 10.0 Å². The maximum absolute atomic E-state index is 10.6. The Labute approximate surface area is 93.7 Å². The maximum Gasteiger partial charge on any atom is 0.392 e. The first kappa shape index (κ1) is 9.92. The van der Waals surface area contributed by atoms with Crippen LogP contribution < -0.4 is 0 Å². The summed E-state index contributed by atoms with van der Waals surface area (Å²) < 4.78 is 5.65. The number of rotatable bonds is 2. The van der Waals surface area contributed by atoms with Gasteiger partial charge in [0.2, 0.25) is 0 Å². The number of hydrogen-bond acceptors (Lipinski definition) is 3. The smallest absolute Gasteiger partial charge is 0.392 e. The molecule has 0 aliphatic rings. The molecule has 1 N–H and O–H groups in total. The van der Waals surface area contributed by atoms with Gasteiger partial charge in [0, 0.05) is 10.0 Å². The highest BCUT2D eigenvalue weighted by atomic mass is 79.9. The van der Waals surface area contributed by atoms with Crippen LogP contribution in [0.4, 0.5) is 0 Å². The van der Waals surface area contributed by atoms with E-state index >= 15 is 0 Å². The highest BCUT2D eigenvalue weighted by Gasteiger charge is 2.13. The van der Waals surface area contributed by atoms with Crippen LogP contribution in [0.15, 0.2) is 39.4 Å². The lowest BCUT2D eigenvalue weighted by molar-refractivity contribution is 0.0653. The van der Waals surface area contributed by atoms with Crippen LogP contribution in [0.3, 0.4) is 0 Å². The minimum atomic E-state index is -1.17. The van der Waals surface area contributed by atoms with Gasteiger partial charge in [-0.15, -0.1) is 0 Å². The summed E-state index contributed by atoms with van der Waals surface area (Å²) in [6.07, 6.45) is 1.32. The molecular weight excluding hydrogens is 262 g/mol. The summed E-state index contributed by atoms with van der Waals surface area (Å²) in [6, 6.07) is 7.39. The molecule has 0 bridgehead atoms. The van der Waals surface area contributed by atoms with Crippen molar-refractivity contribution < 1.29 is 14.3 Å². The van der Waals surface area contributed by atoms with Gasteiger partial charge in [0.15, 0.2) is 0 Å². The summed E-state index contributed by atoms with van der Waals surface area (Å²) >= 11 is 3.35. The van der Waals surface area contributed by atoms with Crippen LogP contribution in [-0.4, -0.2) is 16.1 Å². The van der Waals surface area contributed by atoms with Gasteiger partial charge in [-0.1, -0.05) is 34.1 Å². The quantitative estimate of drug-likeness (QED) is 0.909. The van der Waals surface area contributed by atoms with E-state index in [1.54, 1.807) is 0 Å². The monoisotopic (exact) mass is 267 g/mol. The van der Waals surface area contributed by atoms with E-state index in [4.69, 9.17) is 9.52 Å². The number of aromatic carboxylic acids is 1. The van der Waals surface area contributed by atoms with Crippen molar-refractivity contribution in [3.8, 4) is 11.3 Å². The number of carboxylic acids is 1. The third kappa shape index (κ3) is 1.92. The van der Waals surface area contributed by atoms with E-state index in [0.29, 0.717) is 5.69 Å². The van der Waals surface area contributed by atoms with Gasteiger partial charge in [-0.3, -0.25) is 0 Å². The fraction of sp³-hybridized carbons (Fsp3) is 0. The molecule has 0 saturated heterocycles. The fourth-order valence-electron chi connectivity index (χ4n) is 1.16. The van der Waals surface area contributed by atoms with Crippen LogP contribution in [0.25, 0.3) is 11.3 Å². The third-order valence-electron chi connectivity index (χ3n) is 1.84. The molecular formula is C10H6BrNO3. The fourth-order valence-corrected chi connectivity index (χ4v) is 1.65. The molecule has 4 nitrogen and oxygen atoms in total. The molecule has 5 heteroatoms. The van der Waals surface area contributed by atoms with Gasteiger partial charge in [-0.25, -0.2) is 9.78 Å². The van der Waals surface area contributed by atoms with Crippen molar-refractivity contribution in [3.05, 3.63) is 40.9 Å². The highest BCUT2D eigenvalue weighted by Crippen LogP contribution is 2.26. The van der Waals surface area contributed by atoms with Crippen molar-refractivity contribution in [2.75, 3.05) is 0 Å². The normalized spacial score (nSPS) is 10.2. The second-order valence-electron chi connectivity index (χ2n) is 2.82. The number of halogens is 1. The average molecular weight is 268 g/mol. The van der Waals surface area contributed by atoms with Gasteiger partial charge in [-0.05, 0) is 6.07 Å². The van der Waals surface area contributed by atoms with E-state index < -0.39 is 5.97 Å². The number of benzene rings is 1. The summed E-state index contributed by atoms with van der Waals surface area (Å²) in [7, 11) is 0. The lowest BCUT2D eigenvalue weighted by Gasteiger charge is -1.97. The number of carbonyl (C=O) groups is 1. The minimum Gasteiger partial charge on any atom is -0.474 e. The first-order valence-corrected chi connectivity index (χ1v) is 4.91. The van der Waals surface area contributed by atoms with Crippen molar-refractivity contribution in [1.29, 1.82) is 0 Å². The Kier molecular flexibility index (Phi) is 2.55. The van der Waals surface area contributed by atoms with Gasteiger partial charge < -0.3 is 9.52 Å². The number of aromatic nitrogens is 1. The predicted octanol–water partition coefficient (Wildman–Crippen LogP) is 2.80. The molecule has 0 spiro atoms. The van der Waals surface area contributed by atoms with Crippen molar-refractivity contribution >= 4 is 21.9 Å². The maximum atomic E-state index is 10.6. The molecule has 0 radical (unpaired) electrons. The molecule has 2 aromatic rings. The molecule has 76 valence electrons. The molecule has 1 aromatic heterocycles. The van der Waals surface area contributed by atoms with Gasteiger partial charge in [0.05, 0.1) is 0 Å². The standard InChI is InChI=1S/C10H6BrNO3/c11-7-4-2-1-3-6(7)8-5-15-9(12-8)10(13)14/h1-5H,(H,13,14). The molecule has 0 saturated carbocycles. The number of oxazole rings is 1. The van der Waals surface area contributed by atoms with Crippen molar-refractivity contribution in [2.24, 2.45) is 0 Å². The Morgan fingerprint density at radius 3 is 2.73 bits per heavy atom. The van der Waals surface area contributed by atoms with E-state index in [2.05, 4.69) is 20.9 Å². The highest BCUT2D eigenvalue weighted by molar-refractivity contribution is 9.10. The summed E-state index contributed by atoms with van der Waals surface area (Å²) in [4.78, 5) is 14.4. The SMILES string of the molecule is O=C(O)c1nc(-c2ccccc2Br)co1. The Morgan fingerprint density at radius 2 is 2.13 bits per heavy atom. The number of carboxylic acid groups (broad SMARTS) is 1. The predicted molar refractivity (Wildman–Crippen MR) is 56.6 cm³/mol. The van der Waals surface area contributed by atoms with E-state index in [1.807, 2.05) is 24.3 Å². The van der Waals surface area contributed by atoms with Crippen LogP contribution in [0, 0.1) is 0 Å². The van der Waals surface area contributed by atoms with Gasteiger partial charge in [0.1, 0.15) is 12.0 Å². The first-order chi connectivity index (χ1) is 7.18.